The third kappa shape index (κ3) is 3.87. The van der Waals surface area contributed by atoms with Gasteiger partial charge in [-0.15, -0.1) is 0 Å². The zero-order chi connectivity index (χ0) is 15.3. The summed E-state index contributed by atoms with van der Waals surface area (Å²) >= 11 is 6.06. The first-order valence-corrected chi connectivity index (χ1v) is 6.79. The van der Waals surface area contributed by atoms with E-state index in [1.54, 1.807) is 32.3 Å². The highest BCUT2D eigenvalue weighted by molar-refractivity contribution is 6.36. The molecule has 0 atom stereocenters. The molecule has 0 saturated carbocycles. The average molecular weight is 298 g/mol. The molecule has 0 saturated heterocycles. The van der Waals surface area contributed by atoms with E-state index in [1.807, 2.05) is 6.92 Å². The van der Waals surface area contributed by atoms with Crippen molar-refractivity contribution in [1.29, 1.82) is 0 Å². The molecule has 0 unspecified atom stereocenters. The van der Waals surface area contributed by atoms with Crippen molar-refractivity contribution in [2.45, 2.75) is 13.3 Å². The Hall–Kier alpha value is -1.75. The van der Waals surface area contributed by atoms with Crippen molar-refractivity contribution in [3.05, 3.63) is 28.8 Å². The van der Waals surface area contributed by atoms with Crippen LogP contribution < -0.4 is 5.73 Å². The van der Waals surface area contributed by atoms with Gasteiger partial charge >= 0.3 is 0 Å². The number of likely N-dealkylation sites (N-methyl/N-ethyl adjacent to an activating group) is 1. The summed E-state index contributed by atoms with van der Waals surface area (Å²) in [6.07, 6.45) is 0.756. The van der Waals surface area contributed by atoms with Crippen LogP contribution >= 0.6 is 11.6 Å². The van der Waals surface area contributed by atoms with Gasteiger partial charge in [-0.2, -0.15) is 0 Å². The van der Waals surface area contributed by atoms with E-state index in [-0.39, 0.29) is 23.4 Å². The van der Waals surface area contributed by atoms with Crippen LogP contribution in [-0.2, 0) is 4.79 Å². The second-order valence-corrected chi connectivity index (χ2v) is 5.10. The Labute approximate surface area is 124 Å². The topological polar surface area (TPSA) is 66.6 Å². The van der Waals surface area contributed by atoms with Crippen molar-refractivity contribution in [3.63, 3.8) is 0 Å². The number of benzene rings is 1. The summed E-state index contributed by atoms with van der Waals surface area (Å²) < 4.78 is 0. The lowest BCUT2D eigenvalue weighted by Gasteiger charge is -2.24. The Morgan fingerprint density at radius 2 is 1.95 bits per heavy atom. The zero-order valence-electron chi connectivity index (χ0n) is 12.0. The highest BCUT2D eigenvalue weighted by Crippen LogP contribution is 2.24. The second kappa shape index (κ2) is 7.14. The molecule has 0 bridgehead atoms. The highest BCUT2D eigenvalue weighted by Gasteiger charge is 2.21. The lowest BCUT2D eigenvalue weighted by Crippen LogP contribution is -2.40. The molecule has 5 nitrogen and oxygen atoms in total. The van der Waals surface area contributed by atoms with Crippen LogP contribution in [0.1, 0.15) is 23.7 Å². The van der Waals surface area contributed by atoms with Gasteiger partial charge in [-0.1, -0.05) is 24.6 Å². The molecule has 20 heavy (non-hydrogen) atoms. The van der Waals surface area contributed by atoms with Crippen LogP contribution in [-0.4, -0.2) is 48.8 Å². The van der Waals surface area contributed by atoms with Gasteiger partial charge in [-0.25, -0.2) is 0 Å². The summed E-state index contributed by atoms with van der Waals surface area (Å²) in [5.41, 5.74) is 6.38. The van der Waals surface area contributed by atoms with Crippen molar-refractivity contribution >= 4 is 29.1 Å². The minimum absolute atomic E-state index is 0.0325. The van der Waals surface area contributed by atoms with E-state index in [9.17, 15) is 9.59 Å². The van der Waals surface area contributed by atoms with E-state index in [1.165, 1.54) is 9.80 Å². The number of hydrogen-bond acceptors (Lipinski definition) is 3. The van der Waals surface area contributed by atoms with E-state index < -0.39 is 0 Å². The first-order valence-electron chi connectivity index (χ1n) is 6.41. The van der Waals surface area contributed by atoms with Crippen molar-refractivity contribution < 1.29 is 9.59 Å². The fraction of sp³-hybridized carbons (Fsp3) is 0.429. The molecule has 0 aromatic heterocycles. The Kier molecular flexibility index (Phi) is 5.82. The third-order valence-corrected chi connectivity index (χ3v) is 3.29. The summed E-state index contributed by atoms with van der Waals surface area (Å²) in [5.74, 6) is -0.411. The monoisotopic (exact) mass is 297 g/mol. The van der Waals surface area contributed by atoms with Crippen LogP contribution in [0.25, 0.3) is 0 Å². The predicted octanol–water partition coefficient (Wildman–Crippen LogP) is 1.86. The Bertz CT molecular complexity index is 503. The van der Waals surface area contributed by atoms with Crippen LogP contribution in [0.4, 0.5) is 5.69 Å². The van der Waals surface area contributed by atoms with Crippen LogP contribution in [0, 0.1) is 0 Å². The van der Waals surface area contributed by atoms with Gasteiger partial charge in [0.25, 0.3) is 5.91 Å². The number of carbonyl (C=O) groups excluding carboxylic acids is 2. The molecule has 1 rings (SSSR count). The van der Waals surface area contributed by atoms with Crippen molar-refractivity contribution in [3.8, 4) is 0 Å². The number of nitrogen functional groups attached to an aromatic ring is 1. The fourth-order valence-electron chi connectivity index (χ4n) is 1.71. The van der Waals surface area contributed by atoms with E-state index in [0.717, 1.165) is 6.42 Å². The number of anilines is 1. The summed E-state index contributed by atoms with van der Waals surface area (Å²) in [7, 11) is 3.31. The van der Waals surface area contributed by atoms with Gasteiger partial charge in [0.05, 0.1) is 16.3 Å². The number of halogens is 1. The number of hydrogen-bond donors (Lipinski definition) is 1. The van der Waals surface area contributed by atoms with E-state index in [4.69, 9.17) is 17.3 Å². The molecule has 1 aromatic carbocycles. The molecule has 1 aromatic rings. The molecule has 0 aliphatic rings. The number of rotatable bonds is 5. The van der Waals surface area contributed by atoms with Gasteiger partial charge in [0.15, 0.2) is 0 Å². The minimum atomic E-state index is -0.278. The van der Waals surface area contributed by atoms with Gasteiger partial charge in [0, 0.05) is 20.6 Å². The number of nitrogens with zero attached hydrogens (tertiary/aromatic N) is 2. The fourth-order valence-corrected chi connectivity index (χ4v) is 1.92. The normalized spacial score (nSPS) is 10.2. The third-order valence-electron chi connectivity index (χ3n) is 2.86. The largest absolute Gasteiger partial charge is 0.398 e. The molecule has 0 aliphatic heterocycles. The molecule has 0 aliphatic carbocycles. The summed E-state index contributed by atoms with van der Waals surface area (Å²) in [4.78, 5) is 27.2. The Balaban J connectivity index is 2.99. The molecule has 2 amide bonds. The van der Waals surface area contributed by atoms with E-state index >= 15 is 0 Å². The smallest absolute Gasteiger partial charge is 0.255 e. The van der Waals surface area contributed by atoms with Crippen LogP contribution in [0.2, 0.25) is 5.02 Å². The average Bonchev–Trinajstić information content (AvgIpc) is 2.40. The lowest BCUT2D eigenvalue weighted by atomic mass is 10.1. The predicted molar refractivity (Wildman–Crippen MR) is 80.8 cm³/mol. The van der Waals surface area contributed by atoms with Gasteiger partial charge in [-0.3, -0.25) is 9.59 Å². The maximum atomic E-state index is 12.5. The molecular formula is C14H20ClN3O2. The Morgan fingerprint density at radius 1 is 1.30 bits per heavy atom. The van der Waals surface area contributed by atoms with Crippen molar-refractivity contribution in [2.24, 2.45) is 0 Å². The maximum Gasteiger partial charge on any atom is 0.255 e. The molecule has 6 heteroatoms. The van der Waals surface area contributed by atoms with Gasteiger partial charge in [-0.05, 0) is 18.6 Å². The van der Waals surface area contributed by atoms with Crippen molar-refractivity contribution in [1.82, 2.24) is 9.80 Å². The number of carbonyl (C=O) groups is 2. The summed E-state index contributed by atoms with van der Waals surface area (Å²) in [6, 6.07) is 4.92. The molecular weight excluding hydrogens is 278 g/mol. The van der Waals surface area contributed by atoms with Gasteiger partial charge < -0.3 is 15.5 Å². The SMILES string of the molecule is CCCN(CC(=O)N(C)C)C(=O)c1cccc(N)c1Cl. The van der Waals surface area contributed by atoms with Crippen LogP contribution in [0.3, 0.4) is 0 Å². The van der Waals surface area contributed by atoms with Gasteiger partial charge in [0.1, 0.15) is 6.54 Å². The first kappa shape index (κ1) is 16.3. The van der Waals surface area contributed by atoms with Crippen LogP contribution in [0.5, 0.6) is 0 Å². The summed E-state index contributed by atoms with van der Waals surface area (Å²) in [5, 5.41) is 0.232. The number of amides is 2. The zero-order valence-corrected chi connectivity index (χ0v) is 12.8. The number of nitrogens with two attached hydrogens (primary N) is 1. The minimum Gasteiger partial charge on any atom is -0.398 e. The summed E-state index contributed by atoms with van der Waals surface area (Å²) in [6.45, 7) is 2.47. The Morgan fingerprint density at radius 3 is 2.50 bits per heavy atom. The second-order valence-electron chi connectivity index (χ2n) is 4.72. The maximum absolute atomic E-state index is 12.5. The molecule has 110 valence electrons. The molecule has 0 heterocycles. The van der Waals surface area contributed by atoms with Gasteiger partial charge in [0.2, 0.25) is 5.91 Å². The standard InChI is InChI=1S/C14H20ClN3O2/c1-4-8-18(9-12(19)17(2)3)14(20)10-6-5-7-11(16)13(10)15/h5-7H,4,8-9,16H2,1-3H3. The van der Waals surface area contributed by atoms with Crippen molar-refractivity contribution in [2.75, 3.05) is 32.9 Å². The molecule has 0 fully saturated rings. The van der Waals surface area contributed by atoms with Crippen LogP contribution in [0.15, 0.2) is 18.2 Å². The molecule has 0 radical (unpaired) electrons. The molecule has 2 N–H and O–H groups in total. The highest BCUT2D eigenvalue weighted by atomic mass is 35.5. The first-order chi connectivity index (χ1) is 9.38. The quantitative estimate of drug-likeness (QED) is 0.844. The molecule has 0 spiro atoms. The van der Waals surface area contributed by atoms with E-state index in [2.05, 4.69) is 0 Å². The lowest BCUT2D eigenvalue weighted by molar-refractivity contribution is -0.129. The van der Waals surface area contributed by atoms with E-state index in [0.29, 0.717) is 17.8 Å².